The van der Waals surface area contributed by atoms with Gasteiger partial charge in [0.1, 0.15) is 11.5 Å². The number of hydrogen-bond acceptors (Lipinski definition) is 2. The van der Waals surface area contributed by atoms with Crippen LogP contribution in [0.25, 0.3) is 0 Å². The van der Waals surface area contributed by atoms with E-state index in [1.54, 1.807) is 6.07 Å². The molecule has 3 heteroatoms. The van der Waals surface area contributed by atoms with Crippen molar-refractivity contribution in [2.45, 2.75) is 46.0 Å². The zero-order chi connectivity index (χ0) is 15.7. The van der Waals surface area contributed by atoms with Gasteiger partial charge in [0.15, 0.2) is 0 Å². The Morgan fingerprint density at radius 3 is 2.67 bits per heavy atom. The minimum absolute atomic E-state index is 0.0153. The highest BCUT2D eigenvalue weighted by molar-refractivity contribution is 9.10. The van der Waals surface area contributed by atoms with Gasteiger partial charge < -0.3 is 10.2 Å². The molecule has 1 aromatic rings. The van der Waals surface area contributed by atoms with Crippen molar-refractivity contribution < 1.29 is 10.2 Å². The third kappa shape index (κ3) is 3.03. The molecule has 0 spiro atoms. The average Bonchev–Trinajstić information content (AvgIpc) is 2.42. The Kier molecular flexibility index (Phi) is 4.82. The van der Waals surface area contributed by atoms with Crippen LogP contribution < -0.4 is 0 Å². The summed E-state index contributed by atoms with van der Waals surface area (Å²) in [7, 11) is 0. The van der Waals surface area contributed by atoms with E-state index < -0.39 is 0 Å². The number of allylic oxidation sites excluding steroid dienone is 3. The first kappa shape index (κ1) is 16.2. The molecule has 2 N–H and O–H groups in total. The molecule has 0 amide bonds. The lowest BCUT2D eigenvalue weighted by atomic mass is 9.73. The third-order valence-corrected chi connectivity index (χ3v) is 5.31. The van der Waals surface area contributed by atoms with Crippen molar-refractivity contribution in [3.05, 3.63) is 45.5 Å². The Labute approximate surface area is 135 Å². The molecule has 0 saturated heterocycles. The maximum atomic E-state index is 10.6. The molecule has 2 rings (SSSR count). The Morgan fingerprint density at radius 2 is 2.10 bits per heavy atom. The lowest BCUT2D eigenvalue weighted by Gasteiger charge is -2.31. The van der Waals surface area contributed by atoms with Crippen molar-refractivity contribution in [1.82, 2.24) is 0 Å². The van der Waals surface area contributed by atoms with E-state index in [1.807, 2.05) is 13.8 Å². The van der Waals surface area contributed by atoms with E-state index in [2.05, 4.69) is 35.5 Å². The van der Waals surface area contributed by atoms with Gasteiger partial charge in [-0.2, -0.15) is 0 Å². The fourth-order valence-electron chi connectivity index (χ4n) is 3.19. The van der Waals surface area contributed by atoms with Gasteiger partial charge in [0.25, 0.3) is 0 Å². The number of phenolic OH excluding ortho intramolecular Hbond substituents is 2. The van der Waals surface area contributed by atoms with Gasteiger partial charge in [0, 0.05) is 11.5 Å². The number of benzene rings is 1. The van der Waals surface area contributed by atoms with Crippen LogP contribution in [-0.2, 0) is 6.42 Å². The highest BCUT2D eigenvalue weighted by Gasteiger charge is 2.31. The molecule has 2 atom stereocenters. The topological polar surface area (TPSA) is 40.5 Å². The lowest BCUT2D eigenvalue weighted by Crippen LogP contribution is -2.17. The normalized spacial score (nSPS) is 22.0. The number of aromatic hydroxyl groups is 2. The van der Waals surface area contributed by atoms with E-state index >= 15 is 0 Å². The first-order chi connectivity index (χ1) is 9.86. The van der Waals surface area contributed by atoms with Crippen LogP contribution in [0.15, 0.2) is 34.3 Å². The maximum Gasteiger partial charge on any atom is 0.137 e. The highest BCUT2D eigenvalue weighted by atomic mass is 79.9. The average molecular weight is 351 g/mol. The Balaban J connectivity index is 2.61. The molecule has 0 aliphatic heterocycles. The van der Waals surface area contributed by atoms with Crippen molar-refractivity contribution in [3.63, 3.8) is 0 Å². The second-order valence-electron chi connectivity index (χ2n) is 6.01. The fourth-order valence-corrected chi connectivity index (χ4v) is 3.80. The molecule has 1 aromatic carbocycles. The largest absolute Gasteiger partial charge is 0.507 e. The molecule has 114 valence electrons. The van der Waals surface area contributed by atoms with Crippen LogP contribution in [0.4, 0.5) is 0 Å². The van der Waals surface area contributed by atoms with E-state index in [0.29, 0.717) is 10.0 Å². The summed E-state index contributed by atoms with van der Waals surface area (Å²) in [5.74, 6) is 0.576. The first-order valence-corrected chi connectivity index (χ1v) is 8.22. The van der Waals surface area contributed by atoms with Crippen molar-refractivity contribution in [3.8, 4) is 11.5 Å². The van der Waals surface area contributed by atoms with Crippen molar-refractivity contribution in [2.75, 3.05) is 0 Å². The molecule has 0 saturated carbocycles. The van der Waals surface area contributed by atoms with Crippen LogP contribution >= 0.6 is 15.9 Å². The van der Waals surface area contributed by atoms with E-state index in [1.165, 1.54) is 5.57 Å². The molecule has 1 aliphatic carbocycles. The van der Waals surface area contributed by atoms with Gasteiger partial charge >= 0.3 is 0 Å². The molecule has 0 aromatic heterocycles. The summed E-state index contributed by atoms with van der Waals surface area (Å²) in [6.45, 7) is 10.2. The van der Waals surface area contributed by atoms with Gasteiger partial charge in [-0.05, 0) is 66.6 Å². The number of phenols is 2. The molecule has 0 bridgehead atoms. The molecule has 0 fully saturated rings. The van der Waals surface area contributed by atoms with Gasteiger partial charge in [-0.1, -0.05) is 30.7 Å². The molecule has 0 radical (unpaired) electrons. The van der Waals surface area contributed by atoms with Crippen LogP contribution in [-0.4, -0.2) is 10.2 Å². The fraction of sp³-hybridized carbons (Fsp3) is 0.444. The van der Waals surface area contributed by atoms with E-state index in [0.717, 1.165) is 30.4 Å². The number of rotatable bonds is 3. The van der Waals surface area contributed by atoms with E-state index in [-0.39, 0.29) is 23.3 Å². The highest BCUT2D eigenvalue weighted by Crippen LogP contribution is 2.49. The molecule has 2 unspecified atom stereocenters. The third-order valence-electron chi connectivity index (χ3n) is 4.43. The summed E-state index contributed by atoms with van der Waals surface area (Å²) >= 11 is 3.46. The lowest BCUT2D eigenvalue weighted by molar-refractivity contribution is 0.404. The SMILES string of the molecule is C=C(C)C1CCC(C)=CC1c1c(O)cc(CC)c(Br)c1O. The number of halogens is 1. The number of hydrogen-bond donors (Lipinski definition) is 2. The summed E-state index contributed by atoms with van der Waals surface area (Å²) in [6, 6.07) is 1.76. The standard InChI is InChI=1S/C18H23BrO2/c1-5-12-9-15(20)16(18(21)17(12)19)14-8-11(4)6-7-13(14)10(2)3/h8-9,13-14,20-21H,2,5-7H2,1,3-4H3. The second kappa shape index (κ2) is 6.27. The van der Waals surface area contributed by atoms with Gasteiger partial charge in [-0.3, -0.25) is 0 Å². The molecular weight excluding hydrogens is 328 g/mol. The van der Waals surface area contributed by atoms with Crippen molar-refractivity contribution in [1.29, 1.82) is 0 Å². The van der Waals surface area contributed by atoms with Gasteiger partial charge in [0.2, 0.25) is 0 Å². The minimum Gasteiger partial charge on any atom is -0.507 e. The zero-order valence-corrected chi connectivity index (χ0v) is 14.5. The van der Waals surface area contributed by atoms with Gasteiger partial charge in [0.05, 0.1) is 4.47 Å². The minimum atomic E-state index is -0.0153. The van der Waals surface area contributed by atoms with Crippen molar-refractivity contribution >= 4 is 15.9 Å². The van der Waals surface area contributed by atoms with Crippen LogP contribution in [0, 0.1) is 5.92 Å². The van der Waals surface area contributed by atoms with Crippen LogP contribution in [0.2, 0.25) is 0 Å². The Morgan fingerprint density at radius 1 is 1.43 bits per heavy atom. The van der Waals surface area contributed by atoms with E-state index in [4.69, 9.17) is 0 Å². The molecule has 2 nitrogen and oxygen atoms in total. The number of aryl methyl sites for hydroxylation is 1. The Hall–Kier alpha value is -1.22. The summed E-state index contributed by atoms with van der Waals surface area (Å²) < 4.78 is 0.690. The molecule has 1 aliphatic rings. The molecule has 0 heterocycles. The molecular formula is C18H23BrO2. The van der Waals surface area contributed by atoms with Crippen molar-refractivity contribution in [2.24, 2.45) is 5.92 Å². The van der Waals surface area contributed by atoms with Crippen LogP contribution in [0.3, 0.4) is 0 Å². The monoisotopic (exact) mass is 350 g/mol. The summed E-state index contributed by atoms with van der Waals surface area (Å²) in [4.78, 5) is 0. The van der Waals surface area contributed by atoms with E-state index in [9.17, 15) is 10.2 Å². The van der Waals surface area contributed by atoms with Gasteiger partial charge in [-0.15, -0.1) is 0 Å². The molecule has 21 heavy (non-hydrogen) atoms. The second-order valence-corrected chi connectivity index (χ2v) is 6.81. The predicted molar refractivity (Wildman–Crippen MR) is 90.9 cm³/mol. The van der Waals surface area contributed by atoms with Crippen LogP contribution in [0.1, 0.15) is 50.7 Å². The summed E-state index contributed by atoms with van der Waals surface area (Å²) in [5.41, 5.74) is 3.92. The predicted octanol–water partition coefficient (Wildman–Crippen LogP) is 5.44. The summed E-state index contributed by atoms with van der Waals surface area (Å²) in [5, 5.41) is 21.0. The smallest absolute Gasteiger partial charge is 0.137 e. The van der Waals surface area contributed by atoms with Gasteiger partial charge in [-0.25, -0.2) is 0 Å². The quantitative estimate of drug-likeness (QED) is 0.712. The maximum absolute atomic E-state index is 10.6. The Bertz CT molecular complexity index is 602. The first-order valence-electron chi connectivity index (χ1n) is 7.42. The van der Waals surface area contributed by atoms with Crippen LogP contribution in [0.5, 0.6) is 11.5 Å². The summed E-state index contributed by atoms with van der Waals surface area (Å²) in [6.07, 6.45) is 4.97. The zero-order valence-electron chi connectivity index (χ0n) is 12.9.